The Bertz CT molecular complexity index is 627. The minimum absolute atomic E-state index is 0.101. The first-order valence-electron chi connectivity index (χ1n) is 6.32. The number of fused-ring (bicyclic) bond motifs is 2. The monoisotopic (exact) mass is 257 g/mol. The second-order valence-electron chi connectivity index (χ2n) is 4.68. The van der Waals surface area contributed by atoms with E-state index in [4.69, 9.17) is 0 Å². The molecule has 2 nitrogen and oxygen atoms in total. The molecular formula is C15H15NOS. The van der Waals surface area contributed by atoms with Gasteiger partial charge in [-0.05, 0) is 37.3 Å². The highest BCUT2D eigenvalue weighted by Crippen LogP contribution is 2.28. The highest BCUT2D eigenvalue weighted by atomic mass is 32.1. The maximum Gasteiger partial charge on any atom is 0.212 e. The molecule has 3 rings (SSSR count). The van der Waals surface area contributed by atoms with Crippen LogP contribution in [-0.4, -0.2) is 10.8 Å². The molecule has 0 bridgehead atoms. The number of carbonyl (C=O) groups excluding carboxylic acids is 1. The van der Waals surface area contributed by atoms with E-state index in [1.807, 2.05) is 13.0 Å². The molecule has 2 aromatic rings. The van der Waals surface area contributed by atoms with Crippen LogP contribution in [-0.2, 0) is 19.3 Å². The molecule has 0 aliphatic heterocycles. The predicted octanol–water partition coefficient (Wildman–Crippen LogP) is 3.34. The molecule has 0 radical (unpaired) electrons. The molecule has 0 unspecified atom stereocenters. The highest BCUT2D eigenvalue weighted by Gasteiger charge is 2.24. The largest absolute Gasteiger partial charge is 0.287 e. The van der Waals surface area contributed by atoms with E-state index in [1.165, 1.54) is 11.1 Å². The smallest absolute Gasteiger partial charge is 0.212 e. The zero-order chi connectivity index (χ0) is 12.7. The molecule has 1 aromatic heterocycles. The summed E-state index contributed by atoms with van der Waals surface area (Å²) in [6.07, 6.45) is 2.90. The van der Waals surface area contributed by atoms with Crippen LogP contribution in [0.25, 0.3) is 0 Å². The highest BCUT2D eigenvalue weighted by molar-refractivity contribution is 7.11. The summed E-state index contributed by atoms with van der Waals surface area (Å²) in [5.74, 6) is 0.101. The van der Waals surface area contributed by atoms with E-state index in [0.717, 1.165) is 34.7 Å². The Labute approximate surface area is 111 Å². The number of benzene rings is 1. The van der Waals surface area contributed by atoms with Crippen molar-refractivity contribution in [3.8, 4) is 0 Å². The van der Waals surface area contributed by atoms with Gasteiger partial charge in [-0.1, -0.05) is 25.1 Å². The topological polar surface area (TPSA) is 30.0 Å². The second-order valence-corrected chi connectivity index (χ2v) is 5.97. The molecule has 1 aliphatic rings. The average molecular weight is 257 g/mol. The fourth-order valence-corrected chi connectivity index (χ4v) is 3.42. The van der Waals surface area contributed by atoms with Crippen LogP contribution in [0.15, 0.2) is 18.2 Å². The van der Waals surface area contributed by atoms with E-state index in [-0.39, 0.29) is 5.78 Å². The lowest BCUT2D eigenvalue weighted by Crippen LogP contribution is -2.05. The average Bonchev–Trinajstić information content (AvgIpc) is 2.71. The molecule has 0 spiro atoms. The molecule has 18 heavy (non-hydrogen) atoms. The number of thiazole rings is 1. The van der Waals surface area contributed by atoms with Crippen molar-refractivity contribution in [2.75, 3.05) is 0 Å². The molecule has 0 saturated heterocycles. The number of rotatable bonds is 1. The lowest BCUT2D eigenvalue weighted by molar-refractivity contribution is 0.103. The molecule has 0 atom stereocenters. The molecule has 3 heteroatoms. The van der Waals surface area contributed by atoms with Gasteiger partial charge in [0.15, 0.2) is 0 Å². The van der Waals surface area contributed by atoms with Gasteiger partial charge in [0.25, 0.3) is 0 Å². The van der Waals surface area contributed by atoms with Crippen molar-refractivity contribution in [1.29, 1.82) is 0 Å². The zero-order valence-electron chi connectivity index (χ0n) is 10.6. The maximum absolute atomic E-state index is 12.5. The third-order valence-corrected chi connectivity index (χ3v) is 4.49. The summed E-state index contributed by atoms with van der Waals surface area (Å²) in [6, 6.07) is 6.21. The molecule has 92 valence electrons. The van der Waals surface area contributed by atoms with Crippen LogP contribution < -0.4 is 0 Å². The number of ketones is 1. The lowest BCUT2D eigenvalue weighted by Gasteiger charge is -2.06. The van der Waals surface area contributed by atoms with Crippen LogP contribution in [0.2, 0.25) is 0 Å². The lowest BCUT2D eigenvalue weighted by atomic mass is 9.98. The maximum atomic E-state index is 12.5. The van der Waals surface area contributed by atoms with Crippen molar-refractivity contribution in [2.45, 2.75) is 33.1 Å². The van der Waals surface area contributed by atoms with Crippen LogP contribution in [0.4, 0.5) is 0 Å². The Kier molecular flexibility index (Phi) is 2.78. The van der Waals surface area contributed by atoms with E-state index in [1.54, 1.807) is 11.3 Å². The van der Waals surface area contributed by atoms with Gasteiger partial charge in [0.05, 0.1) is 5.01 Å². The van der Waals surface area contributed by atoms with Gasteiger partial charge >= 0.3 is 0 Å². The molecular weight excluding hydrogens is 242 g/mol. The Morgan fingerprint density at radius 1 is 1.33 bits per heavy atom. The number of aryl methyl sites for hydroxylation is 4. The Morgan fingerprint density at radius 2 is 2.17 bits per heavy atom. The molecule has 0 fully saturated rings. The number of carbonyl (C=O) groups is 1. The Morgan fingerprint density at radius 3 is 2.94 bits per heavy atom. The summed E-state index contributed by atoms with van der Waals surface area (Å²) in [7, 11) is 0. The predicted molar refractivity (Wildman–Crippen MR) is 73.5 cm³/mol. The summed E-state index contributed by atoms with van der Waals surface area (Å²) in [4.78, 5) is 18.0. The second kappa shape index (κ2) is 4.32. The van der Waals surface area contributed by atoms with E-state index >= 15 is 0 Å². The molecule has 1 aliphatic carbocycles. The first-order valence-corrected chi connectivity index (χ1v) is 7.13. The van der Waals surface area contributed by atoms with Gasteiger partial charge in [-0.25, -0.2) is 4.98 Å². The normalized spacial score (nSPS) is 14.0. The van der Waals surface area contributed by atoms with Crippen LogP contribution >= 0.6 is 11.3 Å². The van der Waals surface area contributed by atoms with Gasteiger partial charge in [-0.2, -0.15) is 0 Å². The fraction of sp³-hybridized carbons (Fsp3) is 0.333. The molecule has 0 amide bonds. The third-order valence-electron chi connectivity index (χ3n) is 3.46. The van der Waals surface area contributed by atoms with Crippen LogP contribution in [0.3, 0.4) is 0 Å². The van der Waals surface area contributed by atoms with Gasteiger partial charge in [0, 0.05) is 10.4 Å². The minimum atomic E-state index is 0.101. The van der Waals surface area contributed by atoms with Crippen molar-refractivity contribution >= 4 is 17.1 Å². The summed E-state index contributed by atoms with van der Waals surface area (Å²) >= 11 is 1.66. The molecule has 0 N–H and O–H groups in total. The summed E-state index contributed by atoms with van der Waals surface area (Å²) in [5.41, 5.74) is 4.01. The van der Waals surface area contributed by atoms with E-state index < -0.39 is 0 Å². The number of aromatic nitrogens is 1. The number of hydrogen-bond acceptors (Lipinski definition) is 3. The van der Waals surface area contributed by atoms with Gasteiger partial charge in [0.2, 0.25) is 5.78 Å². The van der Waals surface area contributed by atoms with Crippen LogP contribution in [0.1, 0.15) is 44.0 Å². The van der Waals surface area contributed by atoms with Crippen molar-refractivity contribution in [2.24, 2.45) is 0 Å². The minimum Gasteiger partial charge on any atom is -0.287 e. The van der Waals surface area contributed by atoms with Gasteiger partial charge in [-0.3, -0.25) is 4.79 Å². The van der Waals surface area contributed by atoms with Gasteiger partial charge < -0.3 is 0 Å². The van der Waals surface area contributed by atoms with E-state index in [9.17, 15) is 4.79 Å². The van der Waals surface area contributed by atoms with Crippen molar-refractivity contribution in [3.63, 3.8) is 0 Å². The summed E-state index contributed by atoms with van der Waals surface area (Å²) in [5, 5.41) is 0.988. The first kappa shape index (κ1) is 11.6. The van der Waals surface area contributed by atoms with Crippen LogP contribution in [0.5, 0.6) is 0 Å². The summed E-state index contributed by atoms with van der Waals surface area (Å²) in [6.45, 7) is 4.11. The third kappa shape index (κ3) is 1.79. The van der Waals surface area contributed by atoms with Crippen molar-refractivity contribution in [3.05, 3.63) is 50.5 Å². The van der Waals surface area contributed by atoms with Gasteiger partial charge in [-0.15, -0.1) is 11.3 Å². The summed E-state index contributed by atoms with van der Waals surface area (Å²) < 4.78 is 0. The molecule has 1 heterocycles. The molecule has 0 saturated carbocycles. The zero-order valence-corrected chi connectivity index (χ0v) is 11.4. The first-order chi connectivity index (χ1) is 8.69. The Balaban J connectivity index is 2.13. The van der Waals surface area contributed by atoms with E-state index in [0.29, 0.717) is 5.69 Å². The van der Waals surface area contributed by atoms with Crippen LogP contribution in [0, 0.1) is 6.92 Å². The standard InChI is InChI=1S/C15H15NOS/c1-3-10-4-6-12-11(8-10)5-7-13-14(15(12)17)16-9(2)18-13/h4,6,8H,3,5,7H2,1-2H3. The number of hydrogen-bond donors (Lipinski definition) is 0. The fourth-order valence-electron chi connectivity index (χ4n) is 2.49. The van der Waals surface area contributed by atoms with Crippen molar-refractivity contribution in [1.82, 2.24) is 4.98 Å². The van der Waals surface area contributed by atoms with Gasteiger partial charge in [0.1, 0.15) is 5.69 Å². The van der Waals surface area contributed by atoms with E-state index in [2.05, 4.69) is 24.0 Å². The number of nitrogens with zero attached hydrogens (tertiary/aromatic N) is 1. The molecule has 1 aromatic carbocycles. The SMILES string of the molecule is CCc1ccc2c(c1)CCc1sc(C)nc1C2=O. The quantitative estimate of drug-likeness (QED) is 0.784. The van der Waals surface area contributed by atoms with Crippen molar-refractivity contribution < 1.29 is 4.79 Å². The Hall–Kier alpha value is -1.48.